The Morgan fingerprint density at radius 2 is 1.04 bits per heavy atom. The summed E-state index contributed by atoms with van der Waals surface area (Å²) < 4.78 is 0. The molecule has 0 aromatic carbocycles. The van der Waals surface area contributed by atoms with Crippen molar-refractivity contribution in [1.82, 2.24) is 26.6 Å². The molecule has 1 aliphatic carbocycles. The molecule has 1 saturated carbocycles. The van der Waals surface area contributed by atoms with Crippen LogP contribution in [0.1, 0.15) is 51.4 Å². The van der Waals surface area contributed by atoms with Gasteiger partial charge in [-0.1, -0.05) is 12.8 Å². The molecule has 5 heteroatoms. The molecule has 0 radical (unpaired) electrons. The van der Waals surface area contributed by atoms with Gasteiger partial charge in [0.1, 0.15) is 0 Å². The number of rotatable bonds is 0. The molecule has 26 heavy (non-hydrogen) atoms. The first-order valence-electron chi connectivity index (χ1n) is 11.5. The van der Waals surface area contributed by atoms with Gasteiger partial charge in [-0.25, -0.2) is 0 Å². The number of fused-ring (bicyclic) bond motifs is 3. The van der Waals surface area contributed by atoms with Gasteiger partial charge in [0.15, 0.2) is 0 Å². The van der Waals surface area contributed by atoms with E-state index in [1.54, 1.807) is 0 Å². The molecule has 0 aromatic rings. The lowest BCUT2D eigenvalue weighted by molar-refractivity contribution is 0.318. The van der Waals surface area contributed by atoms with Gasteiger partial charge in [0.05, 0.1) is 0 Å². The average molecular weight is 364 g/mol. The zero-order valence-electron chi connectivity index (χ0n) is 16.6. The molecule has 6 rings (SSSR count). The van der Waals surface area contributed by atoms with Crippen molar-refractivity contribution in [2.24, 2.45) is 17.8 Å². The van der Waals surface area contributed by atoms with Crippen LogP contribution in [0, 0.1) is 17.8 Å². The van der Waals surface area contributed by atoms with Gasteiger partial charge in [0.25, 0.3) is 0 Å². The molecule has 0 bridgehead atoms. The molecule has 5 N–H and O–H groups in total. The number of piperidine rings is 1. The van der Waals surface area contributed by atoms with Crippen LogP contribution in [0.25, 0.3) is 0 Å². The normalized spacial score (nSPS) is 43.4. The third-order valence-electron chi connectivity index (χ3n) is 7.62. The van der Waals surface area contributed by atoms with Crippen LogP contribution in [-0.2, 0) is 0 Å². The fourth-order valence-electron chi connectivity index (χ4n) is 5.95. The van der Waals surface area contributed by atoms with Crippen molar-refractivity contribution < 1.29 is 0 Å². The van der Waals surface area contributed by atoms with Crippen molar-refractivity contribution >= 4 is 0 Å². The monoisotopic (exact) mass is 363 g/mol. The van der Waals surface area contributed by atoms with E-state index in [9.17, 15) is 0 Å². The minimum absolute atomic E-state index is 0.815. The van der Waals surface area contributed by atoms with Gasteiger partial charge >= 0.3 is 0 Å². The van der Waals surface area contributed by atoms with E-state index in [0.717, 1.165) is 35.9 Å². The van der Waals surface area contributed by atoms with E-state index < -0.39 is 0 Å². The van der Waals surface area contributed by atoms with Crippen LogP contribution in [0.15, 0.2) is 0 Å². The Hall–Kier alpha value is -0.200. The number of hydrogen-bond acceptors (Lipinski definition) is 5. The van der Waals surface area contributed by atoms with E-state index in [4.69, 9.17) is 0 Å². The molecular weight excluding hydrogens is 322 g/mol. The van der Waals surface area contributed by atoms with Crippen LogP contribution in [0.2, 0.25) is 0 Å². The van der Waals surface area contributed by atoms with Crippen molar-refractivity contribution in [3.05, 3.63) is 0 Å². The summed E-state index contributed by atoms with van der Waals surface area (Å²) in [5, 5.41) is 17.3. The lowest BCUT2D eigenvalue weighted by Gasteiger charge is -2.24. The molecule has 150 valence electrons. The topological polar surface area (TPSA) is 60.1 Å². The third-order valence-corrected chi connectivity index (χ3v) is 7.62. The second kappa shape index (κ2) is 9.83. The first-order chi connectivity index (χ1) is 12.9. The van der Waals surface area contributed by atoms with Crippen molar-refractivity contribution in [1.29, 1.82) is 0 Å². The first-order valence-corrected chi connectivity index (χ1v) is 11.5. The summed E-state index contributed by atoms with van der Waals surface area (Å²) in [5.41, 5.74) is 0. The van der Waals surface area contributed by atoms with Crippen LogP contribution >= 0.6 is 0 Å². The molecule has 5 aliphatic heterocycles. The lowest BCUT2D eigenvalue weighted by atomic mass is 9.86. The molecule has 5 saturated heterocycles. The van der Waals surface area contributed by atoms with E-state index in [1.807, 2.05) is 0 Å². The van der Waals surface area contributed by atoms with Crippen LogP contribution in [0.4, 0.5) is 0 Å². The second-order valence-electron chi connectivity index (χ2n) is 9.26. The van der Waals surface area contributed by atoms with E-state index in [1.165, 1.54) is 97.2 Å². The second-order valence-corrected chi connectivity index (χ2v) is 9.26. The molecule has 0 unspecified atom stereocenters. The largest absolute Gasteiger partial charge is 0.316 e. The molecule has 6 aliphatic rings. The van der Waals surface area contributed by atoms with Crippen molar-refractivity contribution in [2.75, 3.05) is 45.8 Å². The van der Waals surface area contributed by atoms with Gasteiger partial charge in [0, 0.05) is 18.1 Å². The summed E-state index contributed by atoms with van der Waals surface area (Å²) in [4.78, 5) is 0. The minimum atomic E-state index is 0.815. The van der Waals surface area contributed by atoms with Gasteiger partial charge in [-0.2, -0.15) is 0 Å². The third kappa shape index (κ3) is 4.99. The fraction of sp³-hybridized carbons (Fsp3) is 1.00. The predicted octanol–water partition coefficient (Wildman–Crippen LogP) is 1.06. The van der Waals surface area contributed by atoms with Gasteiger partial charge in [-0.3, -0.25) is 0 Å². The van der Waals surface area contributed by atoms with E-state index in [-0.39, 0.29) is 0 Å². The quantitative estimate of drug-likeness (QED) is 0.446. The summed E-state index contributed by atoms with van der Waals surface area (Å²) in [5.74, 6) is 2.99. The van der Waals surface area contributed by atoms with Crippen molar-refractivity contribution in [2.45, 2.75) is 69.5 Å². The average Bonchev–Trinajstić information content (AvgIpc) is 3.46. The Morgan fingerprint density at radius 3 is 1.81 bits per heavy atom. The van der Waals surface area contributed by atoms with E-state index >= 15 is 0 Å². The highest BCUT2D eigenvalue weighted by molar-refractivity contribution is 4.94. The van der Waals surface area contributed by atoms with Gasteiger partial charge in [-0.15, -0.1) is 0 Å². The highest BCUT2D eigenvalue weighted by Crippen LogP contribution is 2.30. The summed E-state index contributed by atoms with van der Waals surface area (Å²) in [6.07, 6.45) is 11.4. The molecule has 5 heterocycles. The summed E-state index contributed by atoms with van der Waals surface area (Å²) >= 11 is 0. The zero-order chi connectivity index (χ0) is 17.6. The maximum atomic E-state index is 3.56. The maximum absolute atomic E-state index is 3.56. The van der Waals surface area contributed by atoms with Gasteiger partial charge in [0.2, 0.25) is 0 Å². The first kappa shape index (κ1) is 19.1. The van der Waals surface area contributed by atoms with E-state index in [2.05, 4.69) is 26.6 Å². The Bertz CT molecular complexity index is 347. The van der Waals surface area contributed by atoms with E-state index in [0.29, 0.717) is 0 Å². The summed E-state index contributed by atoms with van der Waals surface area (Å²) in [6, 6.07) is 2.55. The molecule has 5 nitrogen and oxygen atoms in total. The molecule has 0 aromatic heterocycles. The number of nitrogens with one attached hydrogen (secondary N) is 5. The molecule has 0 amide bonds. The Morgan fingerprint density at radius 1 is 0.423 bits per heavy atom. The van der Waals surface area contributed by atoms with Crippen LogP contribution in [0.3, 0.4) is 0 Å². The summed E-state index contributed by atoms with van der Waals surface area (Å²) in [7, 11) is 0. The molecule has 0 spiro atoms. The van der Waals surface area contributed by atoms with Crippen molar-refractivity contribution in [3.63, 3.8) is 0 Å². The van der Waals surface area contributed by atoms with Crippen LogP contribution in [0.5, 0.6) is 0 Å². The van der Waals surface area contributed by atoms with Crippen LogP contribution < -0.4 is 26.6 Å². The fourth-order valence-corrected chi connectivity index (χ4v) is 5.95. The van der Waals surface area contributed by atoms with Crippen molar-refractivity contribution in [3.8, 4) is 0 Å². The Balaban J connectivity index is 0.0000000972. The van der Waals surface area contributed by atoms with Gasteiger partial charge in [-0.05, 0) is 102 Å². The zero-order valence-corrected chi connectivity index (χ0v) is 16.6. The lowest BCUT2D eigenvalue weighted by Crippen LogP contribution is -2.35. The smallest absolute Gasteiger partial charge is 0.0233 e. The number of hydrogen-bond donors (Lipinski definition) is 5. The minimum Gasteiger partial charge on any atom is -0.316 e. The highest BCUT2D eigenvalue weighted by atomic mass is 15.1. The molecular formula is C21H41N5. The van der Waals surface area contributed by atoms with Gasteiger partial charge < -0.3 is 26.6 Å². The SMILES string of the molecule is C1CC[C@H]2NCC[C@H]2C1.C1C[C@H]2CNC[C@H]2CN1.C1C[C@H]2NCC[C@H]2N1. The standard InChI is InChI=1S/C8H15N.C7H14N2.C6H12N2/c1-2-4-8-7(3-1)5-6-9-8;1-2-8-4-7-5-9-3-6(1)7;1-3-7-6-2-4-8-5(1)6/h7-9H,1-6H2;6-9H,1-5H2;5-8H,1-4H2/t7-,8-;6-,7+;5-,6-/m101/s1. The Labute approximate surface area is 160 Å². The maximum Gasteiger partial charge on any atom is 0.0233 e. The molecule has 6 fully saturated rings. The molecule has 6 atom stereocenters. The predicted molar refractivity (Wildman–Crippen MR) is 109 cm³/mol. The highest BCUT2D eigenvalue weighted by Gasteiger charge is 2.30. The van der Waals surface area contributed by atoms with Crippen LogP contribution in [-0.4, -0.2) is 63.9 Å². The Kier molecular flexibility index (Phi) is 7.23. The summed E-state index contributed by atoms with van der Waals surface area (Å²) in [6.45, 7) is 8.74.